The molecule has 0 saturated heterocycles. The SMILES string of the molecule is Cc1cc(C)c(N(c2ccccc2)c2ccc3c(c2)Oc2cccc4c2c-3cc2c3ccccc3c(N(c3ccccc3)c3c(C)cc(C)cc3C)cc42)c(C)c1. The molecule has 3 nitrogen and oxygen atoms in total. The summed E-state index contributed by atoms with van der Waals surface area (Å²) in [6.07, 6.45) is 0. The maximum Gasteiger partial charge on any atom is 0.137 e. The molecule has 0 atom stereocenters. The predicted octanol–water partition coefficient (Wildman–Crippen LogP) is 15.7. The quantitative estimate of drug-likeness (QED) is 0.158. The summed E-state index contributed by atoms with van der Waals surface area (Å²) in [5.41, 5.74) is 16.7. The lowest BCUT2D eigenvalue weighted by atomic mass is 9.88. The normalized spacial score (nSPS) is 11.8. The Morgan fingerprint density at radius 3 is 1.51 bits per heavy atom. The topological polar surface area (TPSA) is 15.7 Å². The summed E-state index contributed by atoms with van der Waals surface area (Å²) in [4.78, 5) is 4.83. The average Bonchev–Trinajstić information content (AvgIpc) is 3.21. The van der Waals surface area contributed by atoms with Gasteiger partial charge in [0.2, 0.25) is 0 Å². The highest BCUT2D eigenvalue weighted by atomic mass is 16.5. The number of fused-ring (bicyclic) bond motifs is 6. The van der Waals surface area contributed by atoms with Crippen molar-refractivity contribution in [2.75, 3.05) is 9.80 Å². The minimum atomic E-state index is 0.858. The molecule has 0 aromatic heterocycles. The van der Waals surface area contributed by atoms with Crippen LogP contribution in [0.15, 0.2) is 158 Å². The van der Waals surface area contributed by atoms with Crippen molar-refractivity contribution in [3.63, 3.8) is 0 Å². The smallest absolute Gasteiger partial charge is 0.137 e. The highest BCUT2D eigenvalue weighted by Crippen LogP contribution is 2.53. The van der Waals surface area contributed by atoms with Gasteiger partial charge in [-0.1, -0.05) is 108 Å². The molecular weight excluding hydrogens is 693 g/mol. The van der Waals surface area contributed by atoms with Gasteiger partial charge in [-0.05, 0) is 146 Å². The Balaban J connectivity index is 1.21. The van der Waals surface area contributed by atoms with E-state index in [1.165, 1.54) is 77.3 Å². The van der Waals surface area contributed by atoms with E-state index in [-0.39, 0.29) is 0 Å². The number of para-hydroxylation sites is 2. The van der Waals surface area contributed by atoms with Crippen molar-refractivity contribution in [2.45, 2.75) is 41.5 Å². The van der Waals surface area contributed by atoms with Crippen LogP contribution in [0.1, 0.15) is 33.4 Å². The van der Waals surface area contributed by atoms with Crippen LogP contribution in [0, 0.1) is 41.5 Å². The van der Waals surface area contributed by atoms with Gasteiger partial charge in [-0.2, -0.15) is 0 Å². The van der Waals surface area contributed by atoms with Gasteiger partial charge < -0.3 is 14.5 Å². The zero-order chi connectivity index (χ0) is 38.9. The predicted molar refractivity (Wildman–Crippen MR) is 242 cm³/mol. The Labute approximate surface area is 335 Å². The fraction of sp³-hybridized carbons (Fsp3) is 0.111. The maximum atomic E-state index is 6.95. The highest BCUT2D eigenvalue weighted by Gasteiger charge is 2.27. The standard InChI is InChI=1S/C54H44N2O/c1-33-26-35(3)53(36(4)27-33)55(39-16-9-7-10-17-39)41-24-25-44-48-31-46-42-20-13-14-21-43(42)49(32-47(46)45-22-15-23-50(52(45)48)57-51(44)30-41)56(40-18-11-8-12-19-40)54-37(5)28-34(2)29-38(54)6/h7-32H,1-6H3. The molecule has 57 heavy (non-hydrogen) atoms. The molecular formula is C54H44N2O. The van der Waals surface area contributed by atoms with Crippen molar-refractivity contribution in [1.29, 1.82) is 0 Å². The summed E-state index contributed by atoms with van der Waals surface area (Å²) in [6, 6.07) is 57.6. The molecule has 3 heteroatoms. The largest absolute Gasteiger partial charge is 0.456 e. The van der Waals surface area contributed by atoms with Gasteiger partial charge in [0.25, 0.3) is 0 Å². The molecule has 0 fully saturated rings. The van der Waals surface area contributed by atoms with E-state index < -0.39 is 0 Å². The van der Waals surface area contributed by atoms with Gasteiger partial charge in [0.1, 0.15) is 11.5 Å². The van der Waals surface area contributed by atoms with Crippen molar-refractivity contribution < 1.29 is 4.74 Å². The van der Waals surface area contributed by atoms with Crippen molar-refractivity contribution in [3.8, 4) is 22.6 Å². The third-order valence-corrected chi connectivity index (χ3v) is 11.7. The van der Waals surface area contributed by atoms with Crippen LogP contribution in [-0.2, 0) is 0 Å². The third-order valence-electron chi connectivity index (χ3n) is 11.7. The van der Waals surface area contributed by atoms with Gasteiger partial charge in [0, 0.05) is 39.5 Å². The average molecular weight is 737 g/mol. The maximum absolute atomic E-state index is 6.95. The molecule has 9 aromatic carbocycles. The number of aryl methyl sites for hydroxylation is 6. The fourth-order valence-corrected chi connectivity index (χ4v) is 9.57. The van der Waals surface area contributed by atoms with E-state index in [1.807, 2.05) is 0 Å². The van der Waals surface area contributed by atoms with E-state index in [1.54, 1.807) is 0 Å². The van der Waals surface area contributed by atoms with Crippen LogP contribution in [-0.4, -0.2) is 0 Å². The molecule has 0 N–H and O–H groups in total. The number of hydrogen-bond acceptors (Lipinski definition) is 3. The zero-order valence-electron chi connectivity index (χ0n) is 33.3. The molecule has 0 amide bonds. The summed E-state index contributed by atoms with van der Waals surface area (Å²) < 4.78 is 6.95. The van der Waals surface area contributed by atoms with Crippen LogP contribution in [0.2, 0.25) is 0 Å². The molecule has 0 spiro atoms. The first kappa shape index (κ1) is 34.6. The molecule has 0 unspecified atom stereocenters. The third kappa shape index (κ3) is 5.65. The van der Waals surface area contributed by atoms with Gasteiger partial charge in [0.05, 0.1) is 17.1 Å². The molecule has 1 heterocycles. The van der Waals surface area contributed by atoms with Crippen LogP contribution in [0.3, 0.4) is 0 Å². The Morgan fingerprint density at radius 2 is 0.877 bits per heavy atom. The van der Waals surface area contributed by atoms with Crippen LogP contribution >= 0.6 is 0 Å². The molecule has 276 valence electrons. The minimum absolute atomic E-state index is 0.858. The zero-order valence-corrected chi connectivity index (χ0v) is 33.3. The first-order chi connectivity index (χ1) is 27.7. The lowest BCUT2D eigenvalue weighted by Gasteiger charge is -2.31. The first-order valence-corrected chi connectivity index (χ1v) is 19.8. The van der Waals surface area contributed by atoms with Crippen molar-refractivity contribution in [1.82, 2.24) is 0 Å². The second-order valence-corrected chi connectivity index (χ2v) is 15.8. The number of nitrogens with zero attached hydrogens (tertiary/aromatic N) is 2. The van der Waals surface area contributed by atoms with E-state index >= 15 is 0 Å². The molecule has 0 radical (unpaired) electrons. The number of benzene rings is 9. The number of rotatable bonds is 6. The Bertz CT molecular complexity index is 3010. The monoisotopic (exact) mass is 736 g/mol. The van der Waals surface area contributed by atoms with E-state index in [4.69, 9.17) is 4.74 Å². The molecule has 1 aliphatic heterocycles. The Kier molecular flexibility index (Phi) is 8.16. The van der Waals surface area contributed by atoms with Gasteiger partial charge in [-0.3, -0.25) is 0 Å². The fourth-order valence-electron chi connectivity index (χ4n) is 9.57. The van der Waals surface area contributed by atoms with Crippen molar-refractivity contribution in [3.05, 3.63) is 191 Å². The van der Waals surface area contributed by atoms with Gasteiger partial charge in [0.15, 0.2) is 0 Å². The lowest BCUT2D eigenvalue weighted by molar-refractivity contribution is 0.487. The summed E-state index contributed by atoms with van der Waals surface area (Å²) in [7, 11) is 0. The molecule has 1 aliphatic rings. The lowest BCUT2D eigenvalue weighted by Crippen LogP contribution is -2.14. The van der Waals surface area contributed by atoms with Gasteiger partial charge in [-0.25, -0.2) is 0 Å². The van der Waals surface area contributed by atoms with Crippen LogP contribution < -0.4 is 14.5 Å². The summed E-state index contributed by atoms with van der Waals surface area (Å²) in [6.45, 7) is 13.2. The highest BCUT2D eigenvalue weighted by molar-refractivity contribution is 6.25. The summed E-state index contributed by atoms with van der Waals surface area (Å²) in [5, 5.41) is 7.20. The van der Waals surface area contributed by atoms with Gasteiger partial charge >= 0.3 is 0 Å². The summed E-state index contributed by atoms with van der Waals surface area (Å²) >= 11 is 0. The van der Waals surface area contributed by atoms with E-state index in [0.717, 1.165) is 45.2 Å². The second-order valence-electron chi connectivity index (χ2n) is 15.8. The van der Waals surface area contributed by atoms with Crippen LogP contribution in [0.25, 0.3) is 43.4 Å². The van der Waals surface area contributed by atoms with Crippen LogP contribution in [0.5, 0.6) is 11.5 Å². The Hall–Kier alpha value is -6.84. The molecule has 0 bridgehead atoms. The summed E-state index contributed by atoms with van der Waals surface area (Å²) in [5.74, 6) is 1.74. The van der Waals surface area contributed by atoms with Crippen LogP contribution in [0.4, 0.5) is 34.1 Å². The van der Waals surface area contributed by atoms with Crippen molar-refractivity contribution >= 4 is 66.4 Å². The molecule has 10 rings (SSSR count). The molecule has 0 aliphatic carbocycles. The van der Waals surface area contributed by atoms with E-state index in [9.17, 15) is 0 Å². The Morgan fingerprint density at radius 1 is 0.351 bits per heavy atom. The molecule has 9 aromatic rings. The van der Waals surface area contributed by atoms with Crippen molar-refractivity contribution in [2.24, 2.45) is 0 Å². The minimum Gasteiger partial charge on any atom is -0.456 e. The number of ether oxygens (including phenoxy) is 1. The van der Waals surface area contributed by atoms with E-state index in [0.29, 0.717) is 0 Å². The van der Waals surface area contributed by atoms with E-state index in [2.05, 4.69) is 209 Å². The molecule has 0 saturated carbocycles. The number of anilines is 6. The number of hydrogen-bond donors (Lipinski definition) is 0. The first-order valence-electron chi connectivity index (χ1n) is 19.8. The second kappa shape index (κ2) is 13.4. The van der Waals surface area contributed by atoms with Gasteiger partial charge in [-0.15, -0.1) is 0 Å².